The third-order valence-electron chi connectivity index (χ3n) is 3.06. The van der Waals surface area contributed by atoms with E-state index in [1.165, 1.54) is 24.3 Å². The quantitative estimate of drug-likeness (QED) is 0.668. The number of hydrogen-bond acceptors (Lipinski definition) is 5. The van der Waals surface area contributed by atoms with Gasteiger partial charge in [-0.3, -0.25) is 0 Å². The number of rotatable bonds is 7. The fourth-order valence-electron chi connectivity index (χ4n) is 1.96. The lowest BCUT2D eigenvalue weighted by Gasteiger charge is -2.09. The number of para-hydroxylation sites is 1. The number of anilines is 1. The van der Waals surface area contributed by atoms with Crippen molar-refractivity contribution < 1.29 is 13.9 Å². The molecule has 0 atom stereocenters. The molecule has 5 nitrogen and oxygen atoms in total. The van der Waals surface area contributed by atoms with Gasteiger partial charge in [-0.25, -0.2) is 9.37 Å². The van der Waals surface area contributed by atoms with Crippen LogP contribution in [0.5, 0.6) is 17.4 Å². The number of halogens is 1. The maximum absolute atomic E-state index is 12.9. The van der Waals surface area contributed by atoms with Gasteiger partial charge < -0.3 is 14.8 Å². The van der Waals surface area contributed by atoms with Gasteiger partial charge in [-0.05, 0) is 36.4 Å². The Hall–Kier alpha value is -3.15. The van der Waals surface area contributed by atoms with E-state index in [2.05, 4.69) is 15.3 Å². The van der Waals surface area contributed by atoms with Crippen molar-refractivity contribution in [2.24, 2.45) is 0 Å². The summed E-state index contributed by atoms with van der Waals surface area (Å²) >= 11 is 0. The summed E-state index contributed by atoms with van der Waals surface area (Å²) in [4.78, 5) is 8.36. The zero-order valence-corrected chi connectivity index (χ0v) is 12.9. The molecule has 3 rings (SSSR count). The molecule has 1 aromatic heterocycles. The molecule has 0 saturated carbocycles. The van der Waals surface area contributed by atoms with Crippen molar-refractivity contribution in [3.05, 3.63) is 72.7 Å². The van der Waals surface area contributed by atoms with Crippen molar-refractivity contribution in [1.29, 1.82) is 0 Å². The first-order valence-corrected chi connectivity index (χ1v) is 7.48. The van der Waals surface area contributed by atoms with Gasteiger partial charge in [0.2, 0.25) is 11.8 Å². The zero-order valence-electron chi connectivity index (χ0n) is 12.9. The SMILES string of the molecule is Fc1ccc(Oc2ccnc(NCCOc3ccccc3)n2)cc1. The van der Waals surface area contributed by atoms with Crippen molar-refractivity contribution in [3.63, 3.8) is 0 Å². The van der Waals surface area contributed by atoms with Crippen LogP contribution in [0.1, 0.15) is 0 Å². The fourth-order valence-corrected chi connectivity index (χ4v) is 1.96. The topological polar surface area (TPSA) is 56.3 Å². The van der Waals surface area contributed by atoms with Crippen molar-refractivity contribution >= 4 is 5.95 Å². The van der Waals surface area contributed by atoms with E-state index in [-0.39, 0.29) is 5.82 Å². The van der Waals surface area contributed by atoms with E-state index in [4.69, 9.17) is 9.47 Å². The minimum absolute atomic E-state index is 0.314. The predicted molar refractivity (Wildman–Crippen MR) is 88.9 cm³/mol. The Balaban J connectivity index is 1.50. The maximum Gasteiger partial charge on any atom is 0.226 e. The summed E-state index contributed by atoms with van der Waals surface area (Å²) in [7, 11) is 0. The lowest BCUT2D eigenvalue weighted by molar-refractivity contribution is 0.332. The van der Waals surface area contributed by atoms with Gasteiger partial charge in [0.25, 0.3) is 0 Å². The summed E-state index contributed by atoms with van der Waals surface area (Å²) in [5, 5.41) is 3.06. The van der Waals surface area contributed by atoms with Crippen molar-refractivity contribution in [2.45, 2.75) is 0 Å². The Morgan fingerprint density at radius 2 is 1.71 bits per heavy atom. The molecule has 0 bridgehead atoms. The van der Waals surface area contributed by atoms with Crippen molar-refractivity contribution in [2.75, 3.05) is 18.5 Å². The molecular formula is C18H16FN3O2. The average molecular weight is 325 g/mol. The number of benzene rings is 2. The lowest BCUT2D eigenvalue weighted by Crippen LogP contribution is -2.13. The molecule has 6 heteroatoms. The van der Waals surface area contributed by atoms with Gasteiger partial charge in [0, 0.05) is 12.3 Å². The van der Waals surface area contributed by atoms with E-state index in [1.807, 2.05) is 30.3 Å². The maximum atomic E-state index is 12.9. The number of nitrogens with one attached hydrogen (secondary N) is 1. The molecule has 0 fully saturated rings. The molecule has 0 aliphatic carbocycles. The van der Waals surface area contributed by atoms with Crippen molar-refractivity contribution in [3.8, 4) is 17.4 Å². The van der Waals surface area contributed by atoms with E-state index in [0.717, 1.165) is 5.75 Å². The smallest absolute Gasteiger partial charge is 0.226 e. The van der Waals surface area contributed by atoms with Gasteiger partial charge in [0.15, 0.2) is 0 Å². The Morgan fingerprint density at radius 1 is 0.917 bits per heavy atom. The fraction of sp³-hybridized carbons (Fsp3) is 0.111. The first kappa shape index (κ1) is 15.7. The van der Waals surface area contributed by atoms with Crippen molar-refractivity contribution in [1.82, 2.24) is 9.97 Å². The average Bonchev–Trinajstić information content (AvgIpc) is 2.62. The summed E-state index contributed by atoms with van der Waals surface area (Å²) in [6, 6.07) is 16.9. The second kappa shape index (κ2) is 7.92. The number of ether oxygens (including phenoxy) is 2. The van der Waals surface area contributed by atoms with E-state index in [1.54, 1.807) is 12.3 Å². The summed E-state index contributed by atoms with van der Waals surface area (Å²) in [6.07, 6.45) is 1.59. The molecule has 0 amide bonds. The van der Waals surface area contributed by atoms with Gasteiger partial charge in [-0.2, -0.15) is 4.98 Å². The molecule has 1 heterocycles. The van der Waals surface area contributed by atoms with Crippen LogP contribution in [0.2, 0.25) is 0 Å². The minimum atomic E-state index is -0.314. The predicted octanol–water partition coefficient (Wildman–Crippen LogP) is 3.90. The van der Waals surface area contributed by atoms with Crippen LogP contribution >= 0.6 is 0 Å². The summed E-state index contributed by atoms with van der Waals surface area (Å²) < 4.78 is 24.0. The largest absolute Gasteiger partial charge is 0.492 e. The molecule has 24 heavy (non-hydrogen) atoms. The molecule has 2 aromatic carbocycles. The third-order valence-corrected chi connectivity index (χ3v) is 3.06. The van der Waals surface area contributed by atoms with Crippen LogP contribution in [0.15, 0.2) is 66.9 Å². The highest BCUT2D eigenvalue weighted by atomic mass is 19.1. The first-order chi connectivity index (χ1) is 11.8. The molecule has 0 unspecified atom stereocenters. The molecule has 1 N–H and O–H groups in total. The van der Waals surface area contributed by atoms with E-state index >= 15 is 0 Å². The van der Waals surface area contributed by atoms with Gasteiger partial charge in [0.1, 0.15) is 23.9 Å². The summed E-state index contributed by atoms with van der Waals surface area (Å²) in [6.45, 7) is 1.03. The van der Waals surface area contributed by atoms with Crippen LogP contribution in [0.3, 0.4) is 0 Å². The van der Waals surface area contributed by atoms with Gasteiger partial charge in [0.05, 0.1) is 6.54 Å². The molecule has 0 radical (unpaired) electrons. The molecule has 0 aliphatic heterocycles. The highest BCUT2D eigenvalue weighted by Gasteiger charge is 2.02. The van der Waals surface area contributed by atoms with Crippen LogP contribution in [0, 0.1) is 5.82 Å². The molecule has 0 aliphatic rings. The van der Waals surface area contributed by atoms with Crippen LogP contribution in [0.25, 0.3) is 0 Å². The normalized spacial score (nSPS) is 10.2. The van der Waals surface area contributed by atoms with E-state index in [0.29, 0.717) is 30.7 Å². The van der Waals surface area contributed by atoms with E-state index in [9.17, 15) is 4.39 Å². The van der Waals surface area contributed by atoms with Crippen LogP contribution in [0.4, 0.5) is 10.3 Å². The molecular weight excluding hydrogens is 309 g/mol. The summed E-state index contributed by atoms with van der Waals surface area (Å²) in [5.41, 5.74) is 0. The number of aromatic nitrogens is 2. The highest BCUT2D eigenvalue weighted by Crippen LogP contribution is 2.19. The first-order valence-electron chi connectivity index (χ1n) is 7.48. The molecule has 0 spiro atoms. The Labute approximate surface area is 139 Å². The van der Waals surface area contributed by atoms with Gasteiger partial charge in [-0.1, -0.05) is 18.2 Å². The minimum Gasteiger partial charge on any atom is -0.492 e. The number of hydrogen-bond donors (Lipinski definition) is 1. The van der Waals surface area contributed by atoms with Crippen LogP contribution in [-0.2, 0) is 0 Å². The Bertz CT molecular complexity index is 767. The van der Waals surface area contributed by atoms with Crippen LogP contribution < -0.4 is 14.8 Å². The molecule has 122 valence electrons. The second-order valence-electron chi connectivity index (χ2n) is 4.86. The Morgan fingerprint density at radius 3 is 2.50 bits per heavy atom. The monoisotopic (exact) mass is 325 g/mol. The number of nitrogens with zero attached hydrogens (tertiary/aromatic N) is 2. The van der Waals surface area contributed by atoms with Gasteiger partial charge in [-0.15, -0.1) is 0 Å². The second-order valence-corrected chi connectivity index (χ2v) is 4.86. The van der Waals surface area contributed by atoms with E-state index < -0.39 is 0 Å². The Kier molecular flexibility index (Phi) is 5.19. The highest BCUT2D eigenvalue weighted by molar-refractivity contribution is 5.31. The standard InChI is InChI=1S/C18H16FN3O2/c19-14-6-8-16(9-7-14)24-17-10-11-20-18(22-17)21-12-13-23-15-4-2-1-3-5-15/h1-11H,12-13H2,(H,20,21,22). The van der Waals surface area contributed by atoms with Crippen LogP contribution in [-0.4, -0.2) is 23.1 Å². The molecule has 0 saturated heterocycles. The molecule has 3 aromatic rings. The zero-order chi connectivity index (χ0) is 16.6. The van der Waals surface area contributed by atoms with Gasteiger partial charge >= 0.3 is 0 Å². The third kappa shape index (κ3) is 4.67. The summed E-state index contributed by atoms with van der Waals surface area (Å²) in [5.74, 6) is 1.82. The lowest BCUT2D eigenvalue weighted by atomic mass is 10.3.